The Labute approximate surface area is 117 Å². The first-order valence-corrected chi connectivity index (χ1v) is 7.56. The monoisotopic (exact) mass is 267 g/mol. The minimum Gasteiger partial charge on any atom is -0.355 e. The van der Waals surface area contributed by atoms with Crippen molar-refractivity contribution in [3.63, 3.8) is 0 Å². The van der Waals surface area contributed by atoms with Gasteiger partial charge in [-0.2, -0.15) is 0 Å². The third kappa shape index (κ3) is 3.29. The van der Waals surface area contributed by atoms with E-state index < -0.39 is 0 Å². The van der Waals surface area contributed by atoms with Crippen LogP contribution in [0.5, 0.6) is 0 Å². The molecule has 1 aliphatic heterocycles. The Morgan fingerprint density at radius 1 is 1.47 bits per heavy atom. The second-order valence-corrected chi connectivity index (χ2v) is 7.26. The van der Waals surface area contributed by atoms with E-state index in [-0.39, 0.29) is 16.7 Å². The maximum absolute atomic E-state index is 12.2. The zero-order chi connectivity index (χ0) is 14.1. The molecule has 0 radical (unpaired) electrons. The molecule has 2 aliphatic rings. The lowest BCUT2D eigenvalue weighted by atomic mass is 9.74. The van der Waals surface area contributed by atoms with Gasteiger partial charge in [0.15, 0.2) is 0 Å². The molecule has 0 aromatic carbocycles. The van der Waals surface area contributed by atoms with Crippen LogP contribution in [0.25, 0.3) is 0 Å². The second-order valence-electron chi connectivity index (χ2n) is 7.26. The number of amides is 1. The van der Waals surface area contributed by atoms with Crippen molar-refractivity contribution in [2.24, 2.45) is 22.5 Å². The lowest BCUT2D eigenvalue weighted by Crippen LogP contribution is -2.47. The highest BCUT2D eigenvalue weighted by molar-refractivity contribution is 5.85. The smallest absolute Gasteiger partial charge is 0.227 e. The number of piperidine rings is 1. The molecule has 1 unspecified atom stereocenters. The Morgan fingerprint density at radius 3 is 2.68 bits per heavy atom. The molecule has 0 bridgehead atoms. The molecule has 2 fully saturated rings. The standard InChI is InChI=1S/C15H29N3O/c1-14(2,12-5-4-8-18(3)9-12)11-17-13(19)15(10-16)6-7-15/h12H,4-11,16H2,1-3H3,(H,17,19). The third-order valence-electron chi connectivity index (χ3n) is 5.16. The van der Waals surface area contributed by atoms with Gasteiger partial charge in [-0.1, -0.05) is 13.8 Å². The van der Waals surface area contributed by atoms with Gasteiger partial charge in [0, 0.05) is 19.6 Å². The van der Waals surface area contributed by atoms with Gasteiger partial charge in [-0.15, -0.1) is 0 Å². The average molecular weight is 267 g/mol. The molecule has 0 aromatic heterocycles. The van der Waals surface area contributed by atoms with Gasteiger partial charge in [-0.05, 0) is 50.6 Å². The number of carbonyl (C=O) groups is 1. The molecule has 1 heterocycles. The summed E-state index contributed by atoms with van der Waals surface area (Å²) in [6.45, 7) is 8.16. The van der Waals surface area contributed by atoms with E-state index in [4.69, 9.17) is 5.73 Å². The summed E-state index contributed by atoms with van der Waals surface area (Å²) in [5.41, 5.74) is 5.64. The fourth-order valence-electron chi connectivity index (χ4n) is 3.12. The van der Waals surface area contributed by atoms with Gasteiger partial charge in [0.2, 0.25) is 5.91 Å². The van der Waals surface area contributed by atoms with Crippen LogP contribution in [0.2, 0.25) is 0 Å². The van der Waals surface area contributed by atoms with Gasteiger partial charge in [0.05, 0.1) is 5.41 Å². The van der Waals surface area contributed by atoms with Crippen LogP contribution in [-0.4, -0.2) is 44.0 Å². The normalized spacial score (nSPS) is 27.1. The van der Waals surface area contributed by atoms with Gasteiger partial charge in [0.1, 0.15) is 0 Å². The summed E-state index contributed by atoms with van der Waals surface area (Å²) in [6.07, 6.45) is 4.46. The maximum atomic E-state index is 12.2. The summed E-state index contributed by atoms with van der Waals surface area (Å²) in [6, 6.07) is 0. The minimum atomic E-state index is -0.223. The highest BCUT2D eigenvalue weighted by Gasteiger charge is 2.48. The summed E-state index contributed by atoms with van der Waals surface area (Å²) in [7, 11) is 2.19. The van der Waals surface area contributed by atoms with Crippen LogP contribution in [0.3, 0.4) is 0 Å². The summed E-state index contributed by atoms with van der Waals surface area (Å²) < 4.78 is 0. The molecule has 3 N–H and O–H groups in total. The molecule has 1 saturated heterocycles. The van der Waals surface area contributed by atoms with Gasteiger partial charge >= 0.3 is 0 Å². The predicted molar refractivity (Wildman–Crippen MR) is 77.7 cm³/mol. The van der Waals surface area contributed by atoms with Gasteiger partial charge < -0.3 is 16.0 Å². The minimum absolute atomic E-state index is 0.162. The van der Waals surface area contributed by atoms with Gasteiger partial charge in [-0.25, -0.2) is 0 Å². The molecule has 4 heteroatoms. The Kier molecular flexibility index (Phi) is 4.21. The SMILES string of the molecule is CN1CCCC(C(C)(C)CNC(=O)C2(CN)CC2)C1. The number of rotatable bonds is 5. The van der Waals surface area contributed by atoms with Crippen LogP contribution in [0, 0.1) is 16.7 Å². The fraction of sp³-hybridized carbons (Fsp3) is 0.933. The van der Waals surface area contributed by atoms with Crippen LogP contribution in [-0.2, 0) is 4.79 Å². The van der Waals surface area contributed by atoms with E-state index in [0.29, 0.717) is 12.5 Å². The molecule has 1 saturated carbocycles. The molecule has 0 aromatic rings. The molecule has 1 aliphatic carbocycles. The van der Waals surface area contributed by atoms with E-state index in [1.165, 1.54) is 19.4 Å². The Bertz CT molecular complexity index is 336. The summed E-state index contributed by atoms with van der Waals surface area (Å²) in [4.78, 5) is 14.6. The highest BCUT2D eigenvalue weighted by atomic mass is 16.2. The predicted octanol–water partition coefficient (Wildman–Crippen LogP) is 1.21. The van der Waals surface area contributed by atoms with Crippen molar-refractivity contribution in [3.8, 4) is 0 Å². The molecule has 19 heavy (non-hydrogen) atoms. The fourth-order valence-corrected chi connectivity index (χ4v) is 3.12. The zero-order valence-corrected chi connectivity index (χ0v) is 12.7. The molecule has 0 spiro atoms. The summed E-state index contributed by atoms with van der Waals surface area (Å²) in [5.74, 6) is 0.840. The Morgan fingerprint density at radius 2 is 2.16 bits per heavy atom. The van der Waals surface area contributed by atoms with Gasteiger partial charge in [-0.3, -0.25) is 4.79 Å². The van der Waals surface area contributed by atoms with Crippen LogP contribution in [0.4, 0.5) is 0 Å². The number of carbonyl (C=O) groups excluding carboxylic acids is 1. The van der Waals surface area contributed by atoms with E-state index in [1.54, 1.807) is 0 Å². The molecule has 2 rings (SSSR count). The lowest BCUT2D eigenvalue weighted by Gasteiger charge is -2.40. The van der Waals surface area contributed by atoms with Crippen molar-refractivity contribution in [1.29, 1.82) is 0 Å². The molecule has 1 amide bonds. The molecule has 1 atom stereocenters. The molecular formula is C15H29N3O. The van der Waals surface area contributed by atoms with Crippen LogP contribution < -0.4 is 11.1 Å². The van der Waals surface area contributed by atoms with Crippen molar-refractivity contribution in [1.82, 2.24) is 10.2 Å². The van der Waals surface area contributed by atoms with Gasteiger partial charge in [0.25, 0.3) is 0 Å². The largest absolute Gasteiger partial charge is 0.355 e. The number of nitrogens with one attached hydrogen (secondary N) is 1. The van der Waals surface area contributed by atoms with E-state index in [9.17, 15) is 4.79 Å². The van der Waals surface area contributed by atoms with E-state index in [2.05, 4.69) is 31.1 Å². The van der Waals surface area contributed by atoms with Crippen molar-refractivity contribution < 1.29 is 4.79 Å². The quantitative estimate of drug-likeness (QED) is 0.787. The lowest BCUT2D eigenvalue weighted by molar-refractivity contribution is -0.126. The van der Waals surface area contributed by atoms with E-state index in [1.807, 2.05) is 0 Å². The van der Waals surface area contributed by atoms with Crippen molar-refractivity contribution in [3.05, 3.63) is 0 Å². The van der Waals surface area contributed by atoms with Crippen molar-refractivity contribution >= 4 is 5.91 Å². The Hall–Kier alpha value is -0.610. The number of nitrogens with zero attached hydrogens (tertiary/aromatic N) is 1. The van der Waals surface area contributed by atoms with Crippen LogP contribution in [0.15, 0.2) is 0 Å². The second kappa shape index (κ2) is 5.41. The van der Waals surface area contributed by atoms with E-state index >= 15 is 0 Å². The zero-order valence-electron chi connectivity index (χ0n) is 12.7. The molecule has 110 valence electrons. The Balaban J connectivity index is 1.85. The average Bonchev–Trinajstić information content (AvgIpc) is 3.17. The van der Waals surface area contributed by atoms with Crippen LogP contribution >= 0.6 is 0 Å². The van der Waals surface area contributed by atoms with Crippen molar-refractivity contribution in [2.45, 2.75) is 39.5 Å². The van der Waals surface area contributed by atoms with E-state index in [0.717, 1.165) is 25.9 Å². The highest BCUT2D eigenvalue weighted by Crippen LogP contribution is 2.45. The third-order valence-corrected chi connectivity index (χ3v) is 5.16. The molecule has 4 nitrogen and oxygen atoms in total. The van der Waals surface area contributed by atoms with Crippen molar-refractivity contribution in [2.75, 3.05) is 33.2 Å². The number of hydrogen-bond donors (Lipinski definition) is 2. The maximum Gasteiger partial charge on any atom is 0.227 e. The summed E-state index contributed by atoms with van der Waals surface area (Å²) >= 11 is 0. The summed E-state index contributed by atoms with van der Waals surface area (Å²) in [5, 5.41) is 3.15. The number of hydrogen-bond acceptors (Lipinski definition) is 3. The number of likely N-dealkylation sites (tertiary alicyclic amines) is 1. The first-order valence-electron chi connectivity index (χ1n) is 7.56. The first-order chi connectivity index (χ1) is 8.89. The van der Waals surface area contributed by atoms with Crippen LogP contribution in [0.1, 0.15) is 39.5 Å². The first kappa shape index (κ1) is 14.8. The topological polar surface area (TPSA) is 58.4 Å². The molecular weight excluding hydrogens is 238 g/mol. The number of nitrogens with two attached hydrogens (primary N) is 1.